The molecule has 0 saturated carbocycles. The second-order valence-electron chi connectivity index (χ2n) is 6.15. The standard InChI is InChI=1S/C18H26N4O/c1-2-19-18(20-13-15-5-7-17(23)8-6-15)22-12-9-16(14-22)21-10-3-4-11-21/h3-8,16,23H,2,9-14H2,1H3,(H,19,20). The predicted octanol–water partition coefficient (Wildman–Crippen LogP) is 1.80. The van der Waals surface area contributed by atoms with E-state index in [2.05, 4.69) is 34.2 Å². The number of aromatic hydroxyl groups is 1. The Morgan fingerprint density at radius 3 is 2.70 bits per heavy atom. The number of aliphatic imine (C=N–C) groups is 1. The topological polar surface area (TPSA) is 51.1 Å². The summed E-state index contributed by atoms with van der Waals surface area (Å²) in [5.74, 6) is 1.29. The van der Waals surface area contributed by atoms with E-state index in [0.717, 1.165) is 44.2 Å². The molecule has 1 unspecified atom stereocenters. The Bertz CT molecular complexity index is 559. The molecule has 0 aliphatic carbocycles. The summed E-state index contributed by atoms with van der Waals surface area (Å²) >= 11 is 0. The molecule has 5 heteroatoms. The first-order chi connectivity index (χ1) is 11.3. The number of phenols is 1. The van der Waals surface area contributed by atoms with E-state index in [1.165, 1.54) is 6.42 Å². The molecule has 0 amide bonds. The van der Waals surface area contributed by atoms with Crippen molar-refractivity contribution in [3.8, 4) is 5.75 Å². The van der Waals surface area contributed by atoms with Gasteiger partial charge in [0.25, 0.3) is 0 Å². The van der Waals surface area contributed by atoms with Gasteiger partial charge in [-0.3, -0.25) is 4.90 Å². The zero-order chi connectivity index (χ0) is 16.1. The van der Waals surface area contributed by atoms with Crippen LogP contribution in [0.5, 0.6) is 5.75 Å². The van der Waals surface area contributed by atoms with E-state index < -0.39 is 0 Å². The molecular formula is C18H26N4O. The van der Waals surface area contributed by atoms with Gasteiger partial charge >= 0.3 is 0 Å². The Morgan fingerprint density at radius 1 is 1.26 bits per heavy atom. The average Bonchev–Trinajstić information content (AvgIpc) is 3.24. The molecule has 5 nitrogen and oxygen atoms in total. The molecule has 0 spiro atoms. The normalized spacial score (nSPS) is 22.0. The third-order valence-electron chi connectivity index (χ3n) is 4.51. The summed E-state index contributed by atoms with van der Waals surface area (Å²) in [6.07, 6.45) is 5.71. The second kappa shape index (κ2) is 7.51. The van der Waals surface area contributed by atoms with E-state index in [4.69, 9.17) is 4.99 Å². The largest absolute Gasteiger partial charge is 0.508 e. The summed E-state index contributed by atoms with van der Waals surface area (Å²) in [4.78, 5) is 9.67. The lowest BCUT2D eigenvalue weighted by atomic mass is 10.2. The van der Waals surface area contributed by atoms with Crippen molar-refractivity contribution in [1.82, 2.24) is 15.1 Å². The first-order valence-electron chi connectivity index (χ1n) is 8.46. The van der Waals surface area contributed by atoms with Gasteiger partial charge in [-0.25, -0.2) is 4.99 Å². The maximum absolute atomic E-state index is 9.36. The Balaban J connectivity index is 1.61. The van der Waals surface area contributed by atoms with Gasteiger partial charge in [-0.15, -0.1) is 0 Å². The molecule has 124 valence electrons. The maximum Gasteiger partial charge on any atom is 0.194 e. The lowest BCUT2D eigenvalue weighted by Gasteiger charge is -2.25. The van der Waals surface area contributed by atoms with Gasteiger partial charge in [0.2, 0.25) is 0 Å². The molecule has 0 radical (unpaired) electrons. The number of hydrogen-bond acceptors (Lipinski definition) is 3. The van der Waals surface area contributed by atoms with Crippen molar-refractivity contribution < 1.29 is 5.11 Å². The predicted molar refractivity (Wildman–Crippen MR) is 93.6 cm³/mol. The highest BCUT2D eigenvalue weighted by Crippen LogP contribution is 2.18. The minimum atomic E-state index is 0.297. The number of likely N-dealkylation sites (tertiary alicyclic amines) is 1. The zero-order valence-corrected chi connectivity index (χ0v) is 13.8. The molecule has 0 bridgehead atoms. The van der Waals surface area contributed by atoms with Gasteiger partial charge in [-0.05, 0) is 31.0 Å². The van der Waals surface area contributed by atoms with E-state index >= 15 is 0 Å². The minimum Gasteiger partial charge on any atom is -0.508 e. The molecule has 2 N–H and O–H groups in total. The van der Waals surface area contributed by atoms with Crippen molar-refractivity contribution in [3.63, 3.8) is 0 Å². The van der Waals surface area contributed by atoms with Crippen molar-refractivity contribution in [2.45, 2.75) is 25.9 Å². The zero-order valence-electron chi connectivity index (χ0n) is 13.8. The summed E-state index contributed by atoms with van der Waals surface area (Å²) in [5.41, 5.74) is 1.11. The van der Waals surface area contributed by atoms with E-state index in [1.54, 1.807) is 12.1 Å². The smallest absolute Gasteiger partial charge is 0.194 e. The van der Waals surface area contributed by atoms with Gasteiger partial charge in [0, 0.05) is 38.8 Å². The first kappa shape index (κ1) is 15.9. The molecule has 2 heterocycles. The quantitative estimate of drug-likeness (QED) is 0.505. The monoisotopic (exact) mass is 314 g/mol. The Labute approximate surface area is 138 Å². The third kappa shape index (κ3) is 4.05. The lowest BCUT2D eigenvalue weighted by molar-refractivity contribution is 0.259. The highest BCUT2D eigenvalue weighted by atomic mass is 16.3. The van der Waals surface area contributed by atoms with Crippen LogP contribution in [0.1, 0.15) is 18.9 Å². The van der Waals surface area contributed by atoms with Gasteiger partial charge in [0.05, 0.1) is 6.54 Å². The molecule has 23 heavy (non-hydrogen) atoms. The molecule has 1 aromatic carbocycles. The number of phenolic OH excluding ortho intramolecular Hbond substituents is 1. The van der Waals surface area contributed by atoms with Gasteiger partial charge in [0.1, 0.15) is 5.75 Å². The molecule has 1 atom stereocenters. The van der Waals surface area contributed by atoms with Crippen LogP contribution in [-0.4, -0.2) is 59.6 Å². The molecule has 1 fully saturated rings. The van der Waals surface area contributed by atoms with Gasteiger partial charge in [0.15, 0.2) is 5.96 Å². The average molecular weight is 314 g/mol. The molecular weight excluding hydrogens is 288 g/mol. The van der Waals surface area contributed by atoms with Crippen LogP contribution in [0.25, 0.3) is 0 Å². The fourth-order valence-electron chi connectivity index (χ4n) is 3.22. The van der Waals surface area contributed by atoms with Crippen LogP contribution in [0.3, 0.4) is 0 Å². The molecule has 1 saturated heterocycles. The third-order valence-corrected chi connectivity index (χ3v) is 4.51. The second-order valence-corrected chi connectivity index (χ2v) is 6.15. The number of hydrogen-bond donors (Lipinski definition) is 2. The number of benzene rings is 1. The fourth-order valence-corrected chi connectivity index (χ4v) is 3.22. The van der Waals surface area contributed by atoms with Crippen molar-refractivity contribution in [2.24, 2.45) is 4.99 Å². The van der Waals surface area contributed by atoms with Crippen LogP contribution in [0.4, 0.5) is 0 Å². The van der Waals surface area contributed by atoms with Crippen LogP contribution in [0.2, 0.25) is 0 Å². The van der Waals surface area contributed by atoms with E-state index in [9.17, 15) is 5.11 Å². The van der Waals surface area contributed by atoms with E-state index in [1.807, 2.05) is 12.1 Å². The first-order valence-corrected chi connectivity index (χ1v) is 8.46. The van der Waals surface area contributed by atoms with E-state index in [0.29, 0.717) is 18.3 Å². The number of nitrogens with one attached hydrogen (secondary N) is 1. The fraction of sp³-hybridized carbons (Fsp3) is 0.500. The lowest BCUT2D eigenvalue weighted by Crippen LogP contribution is -2.42. The number of rotatable bonds is 4. The van der Waals surface area contributed by atoms with Crippen molar-refractivity contribution >= 4 is 5.96 Å². The minimum absolute atomic E-state index is 0.297. The summed E-state index contributed by atoms with van der Waals surface area (Å²) < 4.78 is 0. The van der Waals surface area contributed by atoms with E-state index in [-0.39, 0.29) is 0 Å². The molecule has 1 aromatic rings. The summed E-state index contributed by atoms with van der Waals surface area (Å²) in [6.45, 7) is 7.88. The Hall–Kier alpha value is -2.01. The van der Waals surface area contributed by atoms with Crippen LogP contribution < -0.4 is 5.32 Å². The molecule has 2 aliphatic heterocycles. The van der Waals surface area contributed by atoms with Crippen LogP contribution >= 0.6 is 0 Å². The van der Waals surface area contributed by atoms with Crippen LogP contribution in [0, 0.1) is 0 Å². The Kier molecular flexibility index (Phi) is 5.18. The van der Waals surface area contributed by atoms with Crippen molar-refractivity contribution in [3.05, 3.63) is 42.0 Å². The highest BCUT2D eigenvalue weighted by Gasteiger charge is 2.29. The van der Waals surface area contributed by atoms with Crippen molar-refractivity contribution in [1.29, 1.82) is 0 Å². The van der Waals surface area contributed by atoms with Gasteiger partial charge in [-0.1, -0.05) is 24.3 Å². The SMILES string of the molecule is CCNC(=NCc1ccc(O)cc1)N1CCC(N2CC=CC2)C1. The number of guanidine groups is 1. The summed E-state index contributed by atoms with van der Waals surface area (Å²) in [7, 11) is 0. The maximum atomic E-state index is 9.36. The summed E-state index contributed by atoms with van der Waals surface area (Å²) in [6, 6.07) is 7.90. The van der Waals surface area contributed by atoms with Crippen LogP contribution in [-0.2, 0) is 6.54 Å². The molecule has 3 rings (SSSR count). The molecule has 0 aromatic heterocycles. The highest BCUT2D eigenvalue weighted by molar-refractivity contribution is 5.80. The van der Waals surface area contributed by atoms with Crippen LogP contribution in [0.15, 0.2) is 41.4 Å². The number of nitrogens with zero attached hydrogens (tertiary/aromatic N) is 3. The summed E-state index contributed by atoms with van der Waals surface area (Å²) in [5, 5.41) is 12.8. The molecule has 2 aliphatic rings. The Morgan fingerprint density at radius 2 is 2.00 bits per heavy atom. The van der Waals surface area contributed by atoms with Crippen molar-refractivity contribution in [2.75, 3.05) is 32.7 Å². The van der Waals surface area contributed by atoms with Gasteiger partial charge < -0.3 is 15.3 Å². The van der Waals surface area contributed by atoms with Gasteiger partial charge in [-0.2, -0.15) is 0 Å².